The minimum Gasteiger partial charge on any atom is -0.445 e. The summed E-state index contributed by atoms with van der Waals surface area (Å²) in [5.41, 5.74) is -1.97. The summed E-state index contributed by atoms with van der Waals surface area (Å²) in [4.78, 5) is 24.7. The maximum Gasteiger partial charge on any atom is 0.418 e. The highest BCUT2D eigenvalue weighted by molar-refractivity contribution is 6.02. The van der Waals surface area contributed by atoms with Crippen molar-refractivity contribution >= 4 is 17.6 Å². The van der Waals surface area contributed by atoms with E-state index in [-0.39, 0.29) is 12.1 Å². The molecule has 0 aromatic heterocycles. The molecule has 0 saturated carbocycles. The number of benzene rings is 2. The van der Waals surface area contributed by atoms with Crippen LogP contribution in [-0.2, 0) is 22.1 Å². The zero-order valence-corrected chi connectivity index (χ0v) is 13.2. The standard InChI is InChI=1S/C18H14F3NO3/c1-17(10-11-6-2-3-7-12(11)15(23)25-17)16(24)22-14-9-5-4-8-13(14)18(19,20)21/h2-9H,10H2,1H3,(H,22,24)/t17-/m1/s1. The van der Waals surface area contributed by atoms with Crippen LogP contribution in [0.15, 0.2) is 48.5 Å². The molecule has 0 saturated heterocycles. The largest absolute Gasteiger partial charge is 0.445 e. The molecule has 1 N–H and O–H groups in total. The Morgan fingerprint density at radius 1 is 1.12 bits per heavy atom. The number of esters is 1. The van der Waals surface area contributed by atoms with Gasteiger partial charge in [-0.15, -0.1) is 0 Å². The van der Waals surface area contributed by atoms with E-state index in [0.717, 1.165) is 12.1 Å². The summed E-state index contributed by atoms with van der Waals surface area (Å²) in [6.45, 7) is 1.38. The maximum absolute atomic E-state index is 13.1. The average molecular weight is 349 g/mol. The SMILES string of the molecule is C[C@]1(C(=O)Nc2ccccc2C(F)(F)F)Cc2ccccc2C(=O)O1. The molecule has 0 unspecified atom stereocenters. The summed E-state index contributed by atoms with van der Waals surface area (Å²) in [5, 5.41) is 2.24. The van der Waals surface area contributed by atoms with Crippen molar-refractivity contribution in [3.05, 3.63) is 65.2 Å². The second-order valence-corrected chi connectivity index (χ2v) is 5.95. The number of anilines is 1. The van der Waals surface area contributed by atoms with Crippen molar-refractivity contribution in [3.63, 3.8) is 0 Å². The molecule has 0 bridgehead atoms. The number of hydrogen-bond donors (Lipinski definition) is 1. The lowest BCUT2D eigenvalue weighted by Gasteiger charge is -2.33. The Morgan fingerprint density at radius 3 is 2.48 bits per heavy atom. The Hall–Kier alpha value is -2.83. The fourth-order valence-electron chi connectivity index (χ4n) is 2.75. The number of nitrogens with one attached hydrogen (secondary N) is 1. The summed E-state index contributed by atoms with van der Waals surface area (Å²) >= 11 is 0. The second kappa shape index (κ2) is 5.91. The first-order chi connectivity index (χ1) is 11.7. The molecular formula is C18H14F3NO3. The second-order valence-electron chi connectivity index (χ2n) is 5.95. The zero-order chi connectivity index (χ0) is 18.2. The quantitative estimate of drug-likeness (QED) is 0.839. The predicted octanol–water partition coefficient (Wildman–Crippen LogP) is 3.82. The van der Waals surface area contributed by atoms with Crippen molar-refractivity contribution in [1.29, 1.82) is 0 Å². The van der Waals surface area contributed by atoms with Gasteiger partial charge in [0.15, 0.2) is 5.60 Å². The van der Waals surface area contributed by atoms with Crippen LogP contribution >= 0.6 is 0 Å². The molecule has 0 aliphatic carbocycles. The molecule has 1 amide bonds. The number of cyclic esters (lactones) is 1. The third-order valence-corrected chi connectivity index (χ3v) is 4.04. The van der Waals surface area contributed by atoms with Crippen molar-refractivity contribution in [2.45, 2.75) is 25.1 Å². The Kier molecular flexibility index (Phi) is 4.02. The normalized spacial score (nSPS) is 19.8. The van der Waals surface area contributed by atoms with Crippen molar-refractivity contribution in [2.75, 3.05) is 5.32 Å². The number of alkyl halides is 3. The van der Waals surface area contributed by atoms with Crippen LogP contribution in [0.5, 0.6) is 0 Å². The van der Waals surface area contributed by atoms with E-state index in [1.54, 1.807) is 24.3 Å². The molecular weight excluding hydrogens is 335 g/mol. The molecule has 1 aliphatic rings. The number of rotatable bonds is 2. The third-order valence-electron chi connectivity index (χ3n) is 4.04. The van der Waals surface area contributed by atoms with Crippen LogP contribution in [0.4, 0.5) is 18.9 Å². The summed E-state index contributed by atoms with van der Waals surface area (Å²) in [6.07, 6.45) is -4.53. The molecule has 1 atom stereocenters. The molecule has 4 nitrogen and oxygen atoms in total. The third kappa shape index (κ3) is 3.22. The number of carbonyl (C=O) groups is 2. The molecule has 2 aromatic rings. The first-order valence-corrected chi connectivity index (χ1v) is 7.50. The van der Waals surface area contributed by atoms with Crippen LogP contribution < -0.4 is 5.32 Å². The van der Waals surface area contributed by atoms with Gasteiger partial charge >= 0.3 is 12.1 Å². The highest BCUT2D eigenvalue weighted by Crippen LogP contribution is 2.36. The lowest BCUT2D eigenvalue weighted by molar-refractivity contribution is -0.137. The molecule has 7 heteroatoms. The Labute approximate surface area is 141 Å². The molecule has 3 rings (SSSR count). The Balaban J connectivity index is 1.89. The van der Waals surface area contributed by atoms with Gasteiger partial charge in [-0.05, 0) is 30.7 Å². The summed E-state index contributed by atoms with van der Waals surface area (Å²) in [6, 6.07) is 11.3. The van der Waals surface area contributed by atoms with E-state index in [1.807, 2.05) is 0 Å². The van der Waals surface area contributed by atoms with E-state index < -0.39 is 29.2 Å². The van der Waals surface area contributed by atoms with Gasteiger partial charge in [0.2, 0.25) is 0 Å². The zero-order valence-electron chi connectivity index (χ0n) is 13.2. The molecule has 1 aliphatic heterocycles. The lowest BCUT2D eigenvalue weighted by Crippen LogP contribution is -2.49. The number of halogens is 3. The molecule has 0 fully saturated rings. The van der Waals surface area contributed by atoms with E-state index in [4.69, 9.17) is 4.74 Å². The highest BCUT2D eigenvalue weighted by atomic mass is 19.4. The average Bonchev–Trinajstić information content (AvgIpc) is 2.54. The van der Waals surface area contributed by atoms with Crippen molar-refractivity contribution in [1.82, 2.24) is 0 Å². The van der Waals surface area contributed by atoms with Crippen molar-refractivity contribution < 1.29 is 27.5 Å². The van der Waals surface area contributed by atoms with Crippen LogP contribution in [0.25, 0.3) is 0 Å². The van der Waals surface area contributed by atoms with Gasteiger partial charge < -0.3 is 10.1 Å². The maximum atomic E-state index is 13.1. The van der Waals surface area contributed by atoms with Crippen molar-refractivity contribution in [3.8, 4) is 0 Å². The monoisotopic (exact) mass is 349 g/mol. The number of hydrogen-bond acceptors (Lipinski definition) is 3. The van der Waals surface area contributed by atoms with E-state index in [1.165, 1.54) is 19.1 Å². The van der Waals surface area contributed by atoms with Gasteiger partial charge in [0.1, 0.15) is 0 Å². The van der Waals surface area contributed by atoms with Crippen LogP contribution in [-0.4, -0.2) is 17.5 Å². The Morgan fingerprint density at radius 2 is 1.76 bits per heavy atom. The number of para-hydroxylation sites is 1. The molecule has 25 heavy (non-hydrogen) atoms. The van der Waals surface area contributed by atoms with E-state index in [9.17, 15) is 22.8 Å². The number of amides is 1. The smallest absolute Gasteiger partial charge is 0.418 e. The van der Waals surface area contributed by atoms with Crippen LogP contribution in [0, 0.1) is 0 Å². The van der Waals surface area contributed by atoms with Crippen LogP contribution in [0.1, 0.15) is 28.4 Å². The fourth-order valence-corrected chi connectivity index (χ4v) is 2.75. The number of ether oxygens (including phenoxy) is 1. The first-order valence-electron chi connectivity index (χ1n) is 7.50. The summed E-state index contributed by atoms with van der Waals surface area (Å²) in [7, 11) is 0. The number of carbonyl (C=O) groups excluding carboxylic acids is 2. The van der Waals surface area contributed by atoms with Gasteiger partial charge in [0, 0.05) is 6.42 Å². The predicted molar refractivity (Wildman–Crippen MR) is 84.0 cm³/mol. The van der Waals surface area contributed by atoms with Gasteiger partial charge in [0.25, 0.3) is 5.91 Å². The van der Waals surface area contributed by atoms with Gasteiger partial charge in [-0.2, -0.15) is 13.2 Å². The van der Waals surface area contributed by atoms with E-state index in [2.05, 4.69) is 5.32 Å². The van der Waals surface area contributed by atoms with Crippen molar-refractivity contribution in [2.24, 2.45) is 0 Å². The van der Waals surface area contributed by atoms with Gasteiger partial charge in [-0.1, -0.05) is 30.3 Å². The molecule has 0 spiro atoms. The van der Waals surface area contributed by atoms with Gasteiger partial charge in [0.05, 0.1) is 16.8 Å². The lowest BCUT2D eigenvalue weighted by atomic mass is 9.89. The fraction of sp³-hybridized carbons (Fsp3) is 0.222. The van der Waals surface area contributed by atoms with Crippen LogP contribution in [0.2, 0.25) is 0 Å². The van der Waals surface area contributed by atoms with Gasteiger partial charge in [-0.25, -0.2) is 4.79 Å². The molecule has 130 valence electrons. The molecule has 2 aromatic carbocycles. The Bertz CT molecular complexity index is 847. The van der Waals surface area contributed by atoms with E-state index >= 15 is 0 Å². The van der Waals surface area contributed by atoms with E-state index in [0.29, 0.717) is 11.1 Å². The van der Waals surface area contributed by atoms with Gasteiger partial charge in [-0.3, -0.25) is 4.79 Å². The minimum atomic E-state index is -4.61. The summed E-state index contributed by atoms with van der Waals surface area (Å²) < 4.78 is 44.4. The topological polar surface area (TPSA) is 55.4 Å². The summed E-state index contributed by atoms with van der Waals surface area (Å²) in [5.74, 6) is -1.49. The first kappa shape index (κ1) is 17.0. The molecule has 1 heterocycles. The highest BCUT2D eigenvalue weighted by Gasteiger charge is 2.43. The number of fused-ring (bicyclic) bond motifs is 1. The minimum absolute atomic E-state index is 0.0783. The van der Waals surface area contributed by atoms with Crippen LogP contribution in [0.3, 0.4) is 0 Å². The molecule has 0 radical (unpaired) electrons.